The second-order valence-corrected chi connectivity index (χ2v) is 18.2. The molecule has 4 heteroatoms. The molecule has 0 heterocycles. The van der Waals surface area contributed by atoms with E-state index in [0.717, 1.165) is 39.0 Å². The topological polar surface area (TPSA) is 37.3 Å². The summed E-state index contributed by atoms with van der Waals surface area (Å²) in [6.45, 7) is 30.5. The fourth-order valence-electron chi connectivity index (χ4n) is 4.45. The lowest BCUT2D eigenvalue weighted by molar-refractivity contribution is 0.111. The molecule has 0 fully saturated rings. The van der Waals surface area contributed by atoms with Crippen LogP contribution in [0.4, 0.5) is 0 Å². The van der Waals surface area contributed by atoms with Gasteiger partial charge in [-0.3, -0.25) is 4.79 Å². The maximum Gasteiger partial charge on any atom is 0.150 e. The lowest BCUT2D eigenvalue weighted by atomic mass is 9.77. The third kappa shape index (κ3) is 7.34. The fourth-order valence-corrected chi connectivity index (χ4v) is 7.04. The van der Waals surface area contributed by atoms with Crippen LogP contribution in [0.15, 0.2) is 34.1 Å². The predicted octanol–water partition coefficient (Wildman–Crippen LogP) is 10.0. The van der Waals surface area contributed by atoms with Crippen molar-refractivity contribution in [3.8, 4) is 5.75 Å². The zero-order valence-electron chi connectivity index (χ0n) is 25.1. The molecular formula is C32H48O2S2. The van der Waals surface area contributed by atoms with Crippen LogP contribution >= 0.6 is 23.5 Å². The molecule has 0 aromatic heterocycles. The Hall–Kier alpha value is -1.39. The number of carbonyl (C=O) groups is 1. The molecule has 2 nitrogen and oxygen atoms in total. The molecule has 2 rings (SSSR count). The minimum Gasteiger partial charge on any atom is -0.507 e. The molecule has 0 unspecified atom stereocenters. The van der Waals surface area contributed by atoms with Crippen molar-refractivity contribution in [2.24, 2.45) is 0 Å². The molecule has 2 aromatic rings. The summed E-state index contributed by atoms with van der Waals surface area (Å²) >= 11 is 3.66. The quantitative estimate of drug-likeness (QED) is 0.238. The standard InChI is InChI=1S/C32H48O2S2/c1-28(2,3)23-15-20(16-24(22(23)19-33)29(4,5)6)35-32(13,14)36-21-17-25(30(7,8)9)27(34)26(18-21)31(10,11)12/h15-19,34H,1-14H3. The second-order valence-electron chi connectivity index (χ2n) is 14.5. The van der Waals surface area contributed by atoms with Gasteiger partial charge in [-0.25, -0.2) is 0 Å². The molecule has 1 N–H and O–H groups in total. The highest BCUT2D eigenvalue weighted by atomic mass is 32.2. The number of phenols is 1. The number of hydrogen-bond acceptors (Lipinski definition) is 4. The van der Waals surface area contributed by atoms with Crippen LogP contribution in [0.25, 0.3) is 0 Å². The number of thioether (sulfide) groups is 2. The smallest absolute Gasteiger partial charge is 0.150 e. The molecule has 2 aromatic carbocycles. The van der Waals surface area contributed by atoms with Crippen molar-refractivity contribution in [3.05, 3.63) is 52.1 Å². The predicted molar refractivity (Wildman–Crippen MR) is 161 cm³/mol. The summed E-state index contributed by atoms with van der Waals surface area (Å²) in [5, 5.41) is 11.1. The summed E-state index contributed by atoms with van der Waals surface area (Å²) < 4.78 is -0.172. The van der Waals surface area contributed by atoms with E-state index >= 15 is 0 Å². The molecule has 0 saturated heterocycles. The average Bonchev–Trinajstić information content (AvgIpc) is 2.64. The van der Waals surface area contributed by atoms with Crippen molar-refractivity contribution >= 4 is 29.8 Å². The Morgan fingerprint density at radius 1 is 0.556 bits per heavy atom. The first-order valence-electron chi connectivity index (χ1n) is 12.9. The lowest BCUT2D eigenvalue weighted by Crippen LogP contribution is -2.21. The van der Waals surface area contributed by atoms with Crippen LogP contribution < -0.4 is 0 Å². The van der Waals surface area contributed by atoms with Gasteiger partial charge < -0.3 is 5.11 Å². The summed E-state index contributed by atoms with van der Waals surface area (Å²) in [7, 11) is 0. The van der Waals surface area contributed by atoms with Gasteiger partial charge in [0.25, 0.3) is 0 Å². The minimum absolute atomic E-state index is 0.135. The van der Waals surface area contributed by atoms with Crippen LogP contribution in [0.3, 0.4) is 0 Å². The molecule has 0 saturated carbocycles. The van der Waals surface area contributed by atoms with E-state index in [1.165, 1.54) is 4.90 Å². The van der Waals surface area contributed by atoms with Gasteiger partial charge in [-0.15, -0.1) is 23.5 Å². The van der Waals surface area contributed by atoms with Gasteiger partial charge in [-0.2, -0.15) is 0 Å². The van der Waals surface area contributed by atoms with E-state index in [0.29, 0.717) is 5.75 Å². The van der Waals surface area contributed by atoms with E-state index in [1.54, 1.807) is 0 Å². The van der Waals surface area contributed by atoms with Crippen LogP contribution in [0.1, 0.15) is 130 Å². The molecule has 0 amide bonds. The molecule has 0 bridgehead atoms. The highest BCUT2D eigenvalue weighted by Gasteiger charge is 2.31. The van der Waals surface area contributed by atoms with Crippen LogP contribution in [0.2, 0.25) is 0 Å². The van der Waals surface area contributed by atoms with Gasteiger partial charge in [-0.05, 0) is 70.9 Å². The Labute approximate surface area is 229 Å². The van der Waals surface area contributed by atoms with Crippen LogP contribution in [-0.4, -0.2) is 15.5 Å². The SMILES string of the molecule is CC(C)(Sc1cc(C(C)(C)C)c(O)c(C(C)(C)C)c1)Sc1cc(C(C)(C)C)c(C=O)c(C(C)(C)C)c1. The van der Waals surface area contributed by atoms with E-state index < -0.39 is 0 Å². The van der Waals surface area contributed by atoms with Gasteiger partial charge >= 0.3 is 0 Å². The van der Waals surface area contributed by atoms with Gasteiger partial charge in [0.1, 0.15) is 5.75 Å². The highest BCUT2D eigenvalue weighted by molar-refractivity contribution is 8.18. The highest BCUT2D eigenvalue weighted by Crippen LogP contribution is 2.50. The molecule has 0 atom stereocenters. The second kappa shape index (κ2) is 10.1. The minimum atomic E-state index is -0.172. The number of benzene rings is 2. The van der Waals surface area contributed by atoms with Crippen molar-refractivity contribution in [3.63, 3.8) is 0 Å². The van der Waals surface area contributed by atoms with E-state index in [9.17, 15) is 9.90 Å². The zero-order valence-corrected chi connectivity index (χ0v) is 26.7. The first kappa shape index (κ1) is 30.8. The Morgan fingerprint density at radius 2 is 0.833 bits per heavy atom. The molecule has 0 aliphatic carbocycles. The van der Waals surface area contributed by atoms with Gasteiger partial charge in [0.15, 0.2) is 6.29 Å². The van der Waals surface area contributed by atoms with E-state index in [2.05, 4.69) is 121 Å². The van der Waals surface area contributed by atoms with E-state index in [1.807, 2.05) is 23.5 Å². The third-order valence-electron chi connectivity index (χ3n) is 6.31. The van der Waals surface area contributed by atoms with Gasteiger partial charge in [0.05, 0.1) is 4.08 Å². The molecule has 0 aliphatic rings. The summed E-state index contributed by atoms with van der Waals surface area (Å²) in [5.74, 6) is 0.416. The van der Waals surface area contributed by atoms with Crippen LogP contribution in [-0.2, 0) is 21.7 Å². The van der Waals surface area contributed by atoms with Gasteiger partial charge in [0, 0.05) is 26.5 Å². The Bertz CT molecular complexity index is 1040. The number of rotatable bonds is 5. The lowest BCUT2D eigenvalue weighted by Gasteiger charge is -2.32. The molecule has 36 heavy (non-hydrogen) atoms. The monoisotopic (exact) mass is 528 g/mol. The average molecular weight is 529 g/mol. The van der Waals surface area contributed by atoms with Crippen molar-refractivity contribution in [2.75, 3.05) is 0 Å². The Balaban J connectivity index is 2.60. The zero-order chi connectivity index (χ0) is 28.1. The van der Waals surface area contributed by atoms with Crippen molar-refractivity contribution in [2.45, 2.75) is 132 Å². The van der Waals surface area contributed by atoms with Crippen LogP contribution in [0.5, 0.6) is 5.75 Å². The van der Waals surface area contributed by atoms with Crippen molar-refractivity contribution < 1.29 is 9.90 Å². The number of hydrogen-bond donors (Lipinski definition) is 1. The summed E-state index contributed by atoms with van der Waals surface area (Å²) in [6, 6.07) is 8.75. The van der Waals surface area contributed by atoms with E-state index in [-0.39, 0.29) is 25.7 Å². The number of aldehydes is 1. The maximum atomic E-state index is 12.2. The molecule has 0 aliphatic heterocycles. The summed E-state index contributed by atoms with van der Waals surface area (Å²) in [5.41, 5.74) is 4.41. The molecular weight excluding hydrogens is 480 g/mol. The fraction of sp³-hybridized carbons (Fsp3) is 0.594. The molecule has 200 valence electrons. The summed E-state index contributed by atoms with van der Waals surface area (Å²) in [6.07, 6.45) is 1.04. The molecule has 0 radical (unpaired) electrons. The van der Waals surface area contributed by atoms with Gasteiger partial charge in [0.2, 0.25) is 0 Å². The first-order chi connectivity index (χ1) is 16.0. The third-order valence-corrected chi connectivity index (χ3v) is 8.74. The summed E-state index contributed by atoms with van der Waals surface area (Å²) in [4.78, 5) is 14.5. The Morgan fingerprint density at radius 3 is 1.08 bits per heavy atom. The van der Waals surface area contributed by atoms with Crippen molar-refractivity contribution in [1.29, 1.82) is 0 Å². The van der Waals surface area contributed by atoms with Gasteiger partial charge in [-0.1, -0.05) is 83.1 Å². The first-order valence-corrected chi connectivity index (χ1v) is 14.5. The number of phenolic OH excluding ortho intramolecular Hbond substituents is 1. The Kier molecular flexibility index (Phi) is 8.61. The largest absolute Gasteiger partial charge is 0.507 e. The maximum absolute atomic E-state index is 12.2. The van der Waals surface area contributed by atoms with Crippen LogP contribution in [0, 0.1) is 0 Å². The normalized spacial score (nSPS) is 13.7. The number of aromatic hydroxyl groups is 1. The van der Waals surface area contributed by atoms with Crippen molar-refractivity contribution in [1.82, 2.24) is 0 Å². The number of carbonyl (C=O) groups excluding carboxylic acids is 1. The molecule has 0 spiro atoms. The van der Waals surface area contributed by atoms with E-state index in [4.69, 9.17) is 0 Å².